The Morgan fingerprint density at radius 2 is 1.24 bits per heavy atom. The van der Waals surface area contributed by atoms with Gasteiger partial charge in [-0.3, -0.25) is 0 Å². The molecule has 1 aliphatic carbocycles. The molecule has 0 saturated carbocycles. The maximum atomic E-state index is 3.77. The largest absolute Gasteiger partial charge is 0.354 e. The van der Waals surface area contributed by atoms with Crippen LogP contribution in [0.1, 0.15) is 27.8 Å². The van der Waals surface area contributed by atoms with Crippen LogP contribution in [0.15, 0.2) is 115 Å². The molecule has 33 heavy (non-hydrogen) atoms. The molecule has 0 spiro atoms. The molecule has 5 aromatic carbocycles. The summed E-state index contributed by atoms with van der Waals surface area (Å²) in [5.74, 6) is 0. The zero-order valence-corrected chi connectivity index (χ0v) is 18.5. The first-order chi connectivity index (χ1) is 16.3. The number of fused-ring (bicyclic) bond motifs is 7. The Labute approximate surface area is 193 Å². The van der Waals surface area contributed by atoms with Gasteiger partial charge in [0.1, 0.15) is 0 Å². The van der Waals surface area contributed by atoms with Gasteiger partial charge in [-0.1, -0.05) is 109 Å². The van der Waals surface area contributed by atoms with Gasteiger partial charge in [0, 0.05) is 21.9 Å². The second-order valence-corrected chi connectivity index (χ2v) is 9.06. The van der Waals surface area contributed by atoms with E-state index in [2.05, 4.69) is 127 Å². The summed E-state index contributed by atoms with van der Waals surface area (Å²) in [6.45, 7) is 2.24. The molecule has 1 atom stereocenters. The van der Waals surface area contributed by atoms with E-state index in [1.165, 1.54) is 60.8 Å². The van der Waals surface area contributed by atoms with Gasteiger partial charge < -0.3 is 4.98 Å². The SMILES string of the molecule is Cc1ccccc1C1(c2ccccc2)c2ccccc2-c2c1ccc1c2[nH]c2ccccc21. The average molecular weight is 422 g/mol. The summed E-state index contributed by atoms with van der Waals surface area (Å²) in [5, 5.41) is 2.56. The van der Waals surface area contributed by atoms with Crippen molar-refractivity contribution in [1.29, 1.82) is 0 Å². The van der Waals surface area contributed by atoms with Crippen LogP contribution >= 0.6 is 0 Å². The lowest BCUT2D eigenvalue weighted by atomic mass is 9.66. The zero-order chi connectivity index (χ0) is 22.0. The highest BCUT2D eigenvalue weighted by atomic mass is 14.7. The minimum atomic E-state index is -0.357. The van der Waals surface area contributed by atoms with Crippen LogP contribution < -0.4 is 0 Å². The number of hydrogen-bond acceptors (Lipinski definition) is 0. The fourth-order valence-corrected chi connectivity index (χ4v) is 6.12. The van der Waals surface area contributed by atoms with Crippen molar-refractivity contribution in [1.82, 2.24) is 4.98 Å². The molecule has 0 amide bonds. The summed E-state index contributed by atoms with van der Waals surface area (Å²) in [7, 11) is 0. The van der Waals surface area contributed by atoms with Crippen LogP contribution in [0.2, 0.25) is 0 Å². The topological polar surface area (TPSA) is 15.8 Å². The summed E-state index contributed by atoms with van der Waals surface area (Å²) in [6, 6.07) is 42.1. The standard InChI is InChI=1S/C32H23N/c1-21-11-5-8-16-26(21)32(22-12-3-2-4-13-22)27-17-9-6-15-25(27)30-28(32)20-19-24-23-14-7-10-18-29(23)33-31(24)30/h2-20,33H,1H3. The summed E-state index contributed by atoms with van der Waals surface area (Å²) in [6.07, 6.45) is 0. The van der Waals surface area contributed by atoms with Gasteiger partial charge in [0.05, 0.1) is 10.9 Å². The van der Waals surface area contributed by atoms with E-state index < -0.39 is 0 Å². The number of benzene rings is 5. The molecule has 1 heteroatoms. The first-order valence-electron chi connectivity index (χ1n) is 11.6. The maximum absolute atomic E-state index is 3.77. The molecule has 0 saturated heterocycles. The molecule has 0 aliphatic heterocycles. The number of aryl methyl sites for hydroxylation is 1. The van der Waals surface area contributed by atoms with E-state index in [4.69, 9.17) is 0 Å². The monoisotopic (exact) mass is 421 g/mol. The molecule has 0 bridgehead atoms. The number of nitrogens with one attached hydrogen (secondary N) is 1. The van der Waals surface area contributed by atoms with Crippen molar-refractivity contribution >= 4 is 21.8 Å². The van der Waals surface area contributed by atoms with E-state index in [1.807, 2.05) is 0 Å². The normalized spacial score (nSPS) is 16.8. The Bertz CT molecular complexity index is 1670. The summed E-state index contributed by atoms with van der Waals surface area (Å²) in [4.78, 5) is 3.77. The predicted octanol–water partition coefficient (Wildman–Crippen LogP) is 7.99. The molecule has 7 rings (SSSR count). The summed E-state index contributed by atoms with van der Waals surface area (Å²) in [5.41, 5.74) is 11.4. The van der Waals surface area contributed by atoms with E-state index in [0.29, 0.717) is 0 Å². The number of hydrogen-bond donors (Lipinski definition) is 1. The average Bonchev–Trinajstić information content (AvgIpc) is 3.39. The van der Waals surface area contributed by atoms with Crippen molar-refractivity contribution in [3.05, 3.63) is 143 Å². The highest BCUT2D eigenvalue weighted by molar-refractivity contribution is 6.14. The van der Waals surface area contributed by atoms with Crippen LogP contribution in [0, 0.1) is 6.92 Å². The van der Waals surface area contributed by atoms with Gasteiger partial charge in [0.15, 0.2) is 0 Å². The molecule has 1 nitrogen and oxygen atoms in total. The van der Waals surface area contributed by atoms with Crippen molar-refractivity contribution in [2.75, 3.05) is 0 Å². The van der Waals surface area contributed by atoms with E-state index in [1.54, 1.807) is 0 Å². The lowest BCUT2D eigenvalue weighted by molar-refractivity contribution is 0.761. The Morgan fingerprint density at radius 1 is 0.545 bits per heavy atom. The maximum Gasteiger partial charge on any atom is 0.0716 e. The first kappa shape index (κ1) is 18.5. The minimum Gasteiger partial charge on any atom is -0.354 e. The third-order valence-corrected chi connectivity index (χ3v) is 7.44. The van der Waals surface area contributed by atoms with Crippen molar-refractivity contribution in [2.24, 2.45) is 0 Å². The van der Waals surface area contributed by atoms with Gasteiger partial charge in [-0.25, -0.2) is 0 Å². The van der Waals surface area contributed by atoms with Crippen LogP contribution in [0.5, 0.6) is 0 Å². The van der Waals surface area contributed by atoms with E-state index in [-0.39, 0.29) is 5.41 Å². The molecular formula is C32H23N. The molecule has 1 N–H and O–H groups in total. The molecule has 1 aromatic heterocycles. The number of H-pyrrole nitrogens is 1. The third-order valence-electron chi connectivity index (χ3n) is 7.44. The van der Waals surface area contributed by atoms with E-state index in [0.717, 1.165) is 0 Å². The molecule has 0 fully saturated rings. The van der Waals surface area contributed by atoms with Gasteiger partial charge in [-0.05, 0) is 46.4 Å². The summed E-state index contributed by atoms with van der Waals surface area (Å²) >= 11 is 0. The molecule has 1 heterocycles. The van der Waals surface area contributed by atoms with Gasteiger partial charge in [-0.15, -0.1) is 0 Å². The minimum absolute atomic E-state index is 0.357. The van der Waals surface area contributed by atoms with Crippen molar-refractivity contribution in [3.8, 4) is 11.1 Å². The smallest absolute Gasteiger partial charge is 0.0716 e. The number of para-hydroxylation sites is 1. The van der Waals surface area contributed by atoms with Crippen LogP contribution in [-0.4, -0.2) is 4.98 Å². The van der Waals surface area contributed by atoms with Crippen molar-refractivity contribution in [3.63, 3.8) is 0 Å². The second-order valence-electron chi connectivity index (χ2n) is 9.06. The Hall–Kier alpha value is -4.10. The Balaban J connectivity index is 1.72. The Morgan fingerprint density at radius 3 is 2.09 bits per heavy atom. The zero-order valence-electron chi connectivity index (χ0n) is 18.5. The third kappa shape index (κ3) is 2.32. The van der Waals surface area contributed by atoms with Crippen LogP contribution in [0.4, 0.5) is 0 Å². The predicted molar refractivity (Wildman–Crippen MR) is 138 cm³/mol. The van der Waals surface area contributed by atoms with Gasteiger partial charge in [0.25, 0.3) is 0 Å². The highest BCUT2D eigenvalue weighted by Gasteiger charge is 2.47. The summed E-state index contributed by atoms with van der Waals surface area (Å²) < 4.78 is 0. The highest BCUT2D eigenvalue weighted by Crippen LogP contribution is 2.58. The fraction of sp³-hybridized carbons (Fsp3) is 0.0625. The Kier molecular flexibility index (Phi) is 3.75. The molecule has 1 unspecified atom stereocenters. The number of aromatic amines is 1. The molecule has 0 radical (unpaired) electrons. The molecule has 1 aliphatic rings. The first-order valence-corrected chi connectivity index (χ1v) is 11.6. The van der Waals surface area contributed by atoms with Crippen LogP contribution in [0.3, 0.4) is 0 Å². The number of rotatable bonds is 2. The van der Waals surface area contributed by atoms with Crippen molar-refractivity contribution < 1.29 is 0 Å². The van der Waals surface area contributed by atoms with Gasteiger partial charge in [-0.2, -0.15) is 0 Å². The quantitative estimate of drug-likeness (QED) is 0.291. The molecule has 156 valence electrons. The fourth-order valence-electron chi connectivity index (χ4n) is 6.12. The van der Waals surface area contributed by atoms with Gasteiger partial charge >= 0.3 is 0 Å². The lowest BCUT2D eigenvalue weighted by Gasteiger charge is -2.35. The van der Waals surface area contributed by atoms with E-state index >= 15 is 0 Å². The second kappa shape index (κ2) is 6.70. The van der Waals surface area contributed by atoms with Crippen molar-refractivity contribution in [2.45, 2.75) is 12.3 Å². The van der Waals surface area contributed by atoms with Gasteiger partial charge in [0.2, 0.25) is 0 Å². The van der Waals surface area contributed by atoms with Crippen LogP contribution in [-0.2, 0) is 5.41 Å². The van der Waals surface area contributed by atoms with E-state index in [9.17, 15) is 0 Å². The lowest BCUT2D eigenvalue weighted by Crippen LogP contribution is -2.29. The molecular weight excluding hydrogens is 398 g/mol. The number of aromatic nitrogens is 1. The van der Waals surface area contributed by atoms with Crippen LogP contribution in [0.25, 0.3) is 32.9 Å². The molecule has 6 aromatic rings.